The average Bonchev–Trinajstić information content (AvgIpc) is 3.77. The Labute approximate surface area is 275 Å². The number of primary amides is 1. The van der Waals surface area contributed by atoms with Gasteiger partial charge in [0.05, 0.1) is 12.1 Å². The lowest BCUT2D eigenvalue weighted by atomic mass is 9.84. The van der Waals surface area contributed by atoms with E-state index >= 15 is 0 Å². The Hall–Kier alpha value is -2.73. The van der Waals surface area contributed by atoms with Crippen LogP contribution < -0.4 is 11.1 Å². The molecular weight excluding hydrogens is 586 g/mol. The van der Waals surface area contributed by atoms with Crippen LogP contribution in [0.2, 0.25) is 0 Å². The maximum Gasteiger partial charge on any atom is 0.246 e. The maximum absolute atomic E-state index is 14.2. The van der Waals surface area contributed by atoms with Crippen LogP contribution in [0.15, 0.2) is 0 Å². The summed E-state index contributed by atoms with van der Waals surface area (Å²) in [6, 6.07) is -2.65. The molecule has 1 unspecified atom stereocenters. The molecule has 0 saturated carbocycles. The number of amides is 5. The van der Waals surface area contributed by atoms with E-state index in [1.54, 1.807) is 14.7 Å². The second kappa shape index (κ2) is 15.0. The van der Waals surface area contributed by atoms with Gasteiger partial charge in [-0.2, -0.15) is 0 Å². The topological polar surface area (TPSA) is 140 Å². The molecule has 5 amide bonds. The van der Waals surface area contributed by atoms with E-state index in [4.69, 9.17) is 5.73 Å². The lowest BCUT2D eigenvalue weighted by Crippen LogP contribution is -2.61. The van der Waals surface area contributed by atoms with Crippen molar-refractivity contribution in [3.63, 3.8) is 0 Å². The van der Waals surface area contributed by atoms with Crippen LogP contribution in [0.5, 0.6) is 0 Å². The fraction of sp³-hybridized carbons (Fsp3) is 0.853. The highest BCUT2D eigenvalue weighted by Gasteiger charge is 2.46. The fourth-order valence-corrected chi connectivity index (χ4v) is 8.00. The third-order valence-corrected chi connectivity index (χ3v) is 10.8. The Morgan fingerprint density at radius 2 is 1.33 bits per heavy atom. The maximum atomic E-state index is 14.2. The third-order valence-electron chi connectivity index (χ3n) is 10.8. The van der Waals surface area contributed by atoms with Gasteiger partial charge in [0, 0.05) is 32.7 Å². The highest BCUT2D eigenvalue weighted by Crippen LogP contribution is 2.30. The monoisotopic (exact) mass is 645 g/mol. The van der Waals surface area contributed by atoms with Gasteiger partial charge in [0.15, 0.2) is 0 Å². The SMILES string of the molecule is CC(C)[C@@H](CN1CCC[C@H]1C(=O)N1CCC[C@H]1C(=O)N1CCC[C@H]1C(N)=O)N(C)C(=O)[C@@H](NC(=O)C1CCCCN1C)C(C)(C)C. The molecule has 4 aliphatic rings. The average molecular weight is 646 g/mol. The number of likely N-dealkylation sites (N-methyl/N-ethyl adjacent to an activating group) is 2. The van der Waals surface area contributed by atoms with Crippen molar-refractivity contribution >= 4 is 29.5 Å². The van der Waals surface area contributed by atoms with Gasteiger partial charge >= 0.3 is 0 Å². The molecule has 3 N–H and O–H groups in total. The van der Waals surface area contributed by atoms with E-state index in [0.29, 0.717) is 38.9 Å². The van der Waals surface area contributed by atoms with Crippen LogP contribution in [-0.4, -0.2) is 137 Å². The number of nitrogens with one attached hydrogen (secondary N) is 1. The lowest BCUT2D eigenvalue weighted by molar-refractivity contribution is -0.148. The summed E-state index contributed by atoms with van der Waals surface area (Å²) in [6.07, 6.45) is 7.04. The van der Waals surface area contributed by atoms with Gasteiger partial charge < -0.3 is 25.8 Å². The van der Waals surface area contributed by atoms with E-state index in [1.807, 2.05) is 34.9 Å². The normalized spacial score (nSPS) is 27.6. The van der Waals surface area contributed by atoms with Crippen molar-refractivity contribution < 1.29 is 24.0 Å². The molecule has 0 radical (unpaired) electrons. The largest absolute Gasteiger partial charge is 0.368 e. The van der Waals surface area contributed by atoms with Gasteiger partial charge in [-0.3, -0.25) is 33.8 Å². The highest BCUT2D eigenvalue weighted by molar-refractivity contribution is 5.94. The number of hydrogen-bond donors (Lipinski definition) is 2. The first-order chi connectivity index (χ1) is 21.6. The van der Waals surface area contributed by atoms with E-state index < -0.39 is 29.4 Å². The molecule has 6 atom stereocenters. The second-order valence-corrected chi connectivity index (χ2v) is 15.5. The molecule has 4 heterocycles. The first kappa shape index (κ1) is 36.1. The number of piperidine rings is 1. The summed E-state index contributed by atoms with van der Waals surface area (Å²) in [4.78, 5) is 76.6. The minimum Gasteiger partial charge on any atom is -0.368 e. The molecule has 0 bridgehead atoms. The van der Waals surface area contributed by atoms with Gasteiger partial charge in [-0.05, 0) is 82.8 Å². The predicted molar refractivity (Wildman–Crippen MR) is 176 cm³/mol. The van der Waals surface area contributed by atoms with Crippen LogP contribution in [0.4, 0.5) is 0 Å². The number of nitrogens with zero attached hydrogens (tertiary/aromatic N) is 5. The Morgan fingerprint density at radius 3 is 1.91 bits per heavy atom. The Kier molecular flexibility index (Phi) is 11.8. The Morgan fingerprint density at radius 1 is 0.783 bits per heavy atom. The molecular formula is C34H59N7O5. The molecule has 260 valence electrons. The smallest absolute Gasteiger partial charge is 0.246 e. The number of nitrogens with two attached hydrogens (primary N) is 1. The Bertz CT molecular complexity index is 1140. The quantitative estimate of drug-likeness (QED) is 0.366. The van der Waals surface area contributed by atoms with Crippen molar-refractivity contribution in [2.24, 2.45) is 17.1 Å². The summed E-state index contributed by atoms with van der Waals surface area (Å²) in [5.41, 5.74) is 5.09. The Balaban J connectivity index is 1.46. The molecule has 4 saturated heterocycles. The van der Waals surface area contributed by atoms with Crippen LogP contribution in [0.25, 0.3) is 0 Å². The van der Waals surface area contributed by atoms with E-state index in [-0.39, 0.29) is 47.7 Å². The van der Waals surface area contributed by atoms with E-state index in [1.165, 1.54) is 0 Å². The zero-order valence-electron chi connectivity index (χ0n) is 29.3. The molecule has 0 spiro atoms. The van der Waals surface area contributed by atoms with Gasteiger partial charge in [-0.25, -0.2) is 0 Å². The summed E-state index contributed by atoms with van der Waals surface area (Å²) in [5.74, 6) is -0.821. The first-order valence-corrected chi connectivity index (χ1v) is 17.5. The van der Waals surface area contributed by atoms with Crippen LogP contribution in [-0.2, 0) is 24.0 Å². The molecule has 0 aliphatic carbocycles. The molecule has 0 aromatic rings. The van der Waals surface area contributed by atoms with Crippen molar-refractivity contribution in [2.75, 3.05) is 46.8 Å². The molecule has 4 aliphatic heterocycles. The number of hydrogen-bond acceptors (Lipinski definition) is 7. The zero-order valence-corrected chi connectivity index (χ0v) is 29.3. The summed E-state index contributed by atoms with van der Waals surface area (Å²) in [6.45, 7) is 13.3. The fourth-order valence-electron chi connectivity index (χ4n) is 8.00. The van der Waals surface area contributed by atoms with E-state index in [9.17, 15) is 24.0 Å². The van der Waals surface area contributed by atoms with Crippen molar-refractivity contribution in [3.05, 3.63) is 0 Å². The summed E-state index contributed by atoms with van der Waals surface area (Å²) in [5, 5.41) is 3.13. The van der Waals surface area contributed by atoms with Crippen LogP contribution in [0.1, 0.15) is 92.4 Å². The molecule has 4 fully saturated rings. The van der Waals surface area contributed by atoms with Crippen LogP contribution in [0.3, 0.4) is 0 Å². The number of carbonyl (C=O) groups excluding carboxylic acids is 5. The third kappa shape index (κ3) is 7.86. The molecule has 0 aromatic carbocycles. The molecule has 0 aromatic heterocycles. The molecule has 4 rings (SSSR count). The van der Waals surface area contributed by atoms with Gasteiger partial charge in [0.25, 0.3) is 0 Å². The molecule has 12 heteroatoms. The second-order valence-electron chi connectivity index (χ2n) is 15.5. The molecule has 12 nitrogen and oxygen atoms in total. The van der Waals surface area contributed by atoms with E-state index in [0.717, 1.165) is 51.6 Å². The number of carbonyl (C=O) groups is 5. The van der Waals surface area contributed by atoms with Gasteiger partial charge in [-0.1, -0.05) is 41.0 Å². The number of likely N-dealkylation sites (tertiary alicyclic amines) is 4. The van der Waals surface area contributed by atoms with Crippen LogP contribution in [0, 0.1) is 11.3 Å². The summed E-state index contributed by atoms with van der Waals surface area (Å²) >= 11 is 0. The lowest BCUT2D eigenvalue weighted by Gasteiger charge is -2.41. The zero-order chi connectivity index (χ0) is 33.9. The standard InChI is InChI=1S/C34H59N7O5/c1-22(2)27(38(7)33(46)28(34(3,4)5)36-30(43)24-13-8-9-17-37(24)6)21-39-18-10-15-25(39)31(44)41-20-12-16-26(41)32(45)40-19-11-14-23(40)29(35)42/h22-28H,8-21H2,1-7H3,(H2,35,42)(H,36,43)/t23-,24?,25-,26-,27+,28+/m0/s1. The van der Waals surface area contributed by atoms with Crippen molar-refractivity contribution in [3.8, 4) is 0 Å². The van der Waals surface area contributed by atoms with Crippen molar-refractivity contribution in [1.82, 2.24) is 29.8 Å². The van der Waals surface area contributed by atoms with Gasteiger partial charge in [0.2, 0.25) is 29.5 Å². The predicted octanol–water partition coefficient (Wildman–Crippen LogP) is 1.42. The van der Waals surface area contributed by atoms with Crippen LogP contribution >= 0.6 is 0 Å². The van der Waals surface area contributed by atoms with Gasteiger partial charge in [-0.15, -0.1) is 0 Å². The summed E-state index contributed by atoms with van der Waals surface area (Å²) < 4.78 is 0. The summed E-state index contributed by atoms with van der Waals surface area (Å²) in [7, 11) is 3.79. The van der Waals surface area contributed by atoms with E-state index in [2.05, 4.69) is 29.0 Å². The number of rotatable bonds is 10. The minimum absolute atomic E-state index is 0.0453. The molecule has 46 heavy (non-hydrogen) atoms. The minimum atomic E-state index is -0.691. The van der Waals surface area contributed by atoms with Crippen molar-refractivity contribution in [1.29, 1.82) is 0 Å². The first-order valence-electron chi connectivity index (χ1n) is 17.5. The van der Waals surface area contributed by atoms with Gasteiger partial charge in [0.1, 0.15) is 18.1 Å². The highest BCUT2D eigenvalue weighted by atomic mass is 16.2. The van der Waals surface area contributed by atoms with Crippen molar-refractivity contribution in [2.45, 2.75) is 129 Å².